The Morgan fingerprint density at radius 3 is 3.08 bits per heavy atom. The van der Waals surface area contributed by atoms with Gasteiger partial charge in [0.2, 0.25) is 17.7 Å². The zero-order valence-electron chi connectivity index (χ0n) is 13.4. The molecule has 0 spiro atoms. The number of methoxy groups -OCH3 is 1. The highest BCUT2D eigenvalue weighted by atomic mass is 16.5. The molecular formula is C17H19N3O4. The van der Waals surface area contributed by atoms with E-state index in [9.17, 15) is 4.79 Å². The molecule has 0 saturated carbocycles. The summed E-state index contributed by atoms with van der Waals surface area (Å²) in [6.07, 6.45) is 9.45. The van der Waals surface area contributed by atoms with Crippen molar-refractivity contribution in [2.45, 2.75) is 18.9 Å². The summed E-state index contributed by atoms with van der Waals surface area (Å²) in [6, 6.07) is 3.58. The first-order valence-electron chi connectivity index (χ1n) is 7.78. The van der Waals surface area contributed by atoms with Gasteiger partial charge in [-0.05, 0) is 31.1 Å². The molecule has 0 N–H and O–H groups in total. The number of carbonyl (C=O) groups is 1. The van der Waals surface area contributed by atoms with Gasteiger partial charge in [0.25, 0.3) is 0 Å². The minimum absolute atomic E-state index is 0.0589. The molecule has 3 heterocycles. The normalized spacial score (nSPS) is 17.9. The van der Waals surface area contributed by atoms with Gasteiger partial charge in [-0.15, -0.1) is 0 Å². The Bertz CT molecular complexity index is 700. The predicted octanol–water partition coefficient (Wildman–Crippen LogP) is 2.16. The smallest absolute Gasteiger partial charge is 0.246 e. The van der Waals surface area contributed by atoms with Gasteiger partial charge in [-0.2, -0.15) is 4.98 Å². The van der Waals surface area contributed by atoms with Gasteiger partial charge in [0.05, 0.1) is 32.3 Å². The minimum Gasteiger partial charge on any atom is -0.480 e. The van der Waals surface area contributed by atoms with Gasteiger partial charge in [-0.1, -0.05) is 0 Å². The van der Waals surface area contributed by atoms with Gasteiger partial charge in [0.15, 0.2) is 0 Å². The number of hydrogen-bond donors (Lipinski definition) is 0. The first-order chi connectivity index (χ1) is 11.7. The molecule has 2 aromatic heterocycles. The van der Waals surface area contributed by atoms with Crippen LogP contribution >= 0.6 is 0 Å². The minimum atomic E-state index is -0.110. The van der Waals surface area contributed by atoms with E-state index in [-0.39, 0.29) is 12.0 Å². The van der Waals surface area contributed by atoms with Crippen molar-refractivity contribution in [3.63, 3.8) is 0 Å². The summed E-state index contributed by atoms with van der Waals surface area (Å²) in [4.78, 5) is 22.3. The molecule has 0 aromatic carbocycles. The highest BCUT2D eigenvalue weighted by Crippen LogP contribution is 2.18. The van der Waals surface area contributed by atoms with Crippen LogP contribution in [-0.2, 0) is 4.79 Å². The number of likely N-dealkylation sites (tertiary alicyclic amines) is 1. The highest BCUT2D eigenvalue weighted by Gasteiger charge is 2.24. The topological polar surface area (TPSA) is 77.7 Å². The van der Waals surface area contributed by atoms with Crippen molar-refractivity contribution in [3.8, 4) is 11.8 Å². The van der Waals surface area contributed by atoms with Gasteiger partial charge >= 0.3 is 0 Å². The van der Waals surface area contributed by atoms with Crippen LogP contribution in [0.1, 0.15) is 18.6 Å². The van der Waals surface area contributed by atoms with Crippen LogP contribution in [0.2, 0.25) is 0 Å². The molecule has 1 unspecified atom stereocenters. The van der Waals surface area contributed by atoms with E-state index in [1.54, 1.807) is 35.6 Å². The van der Waals surface area contributed by atoms with Crippen LogP contribution in [0.25, 0.3) is 6.08 Å². The van der Waals surface area contributed by atoms with E-state index < -0.39 is 0 Å². The third-order valence-corrected chi connectivity index (χ3v) is 3.71. The van der Waals surface area contributed by atoms with Crippen LogP contribution in [0.4, 0.5) is 0 Å². The third-order valence-electron chi connectivity index (χ3n) is 3.71. The van der Waals surface area contributed by atoms with E-state index in [0.29, 0.717) is 30.6 Å². The molecule has 126 valence electrons. The van der Waals surface area contributed by atoms with E-state index in [4.69, 9.17) is 13.9 Å². The summed E-state index contributed by atoms with van der Waals surface area (Å²) in [5.41, 5.74) is 0. The Morgan fingerprint density at radius 1 is 1.42 bits per heavy atom. The van der Waals surface area contributed by atoms with E-state index in [1.165, 1.54) is 19.4 Å². The average molecular weight is 329 g/mol. The zero-order chi connectivity index (χ0) is 16.8. The number of piperidine rings is 1. The van der Waals surface area contributed by atoms with E-state index in [0.717, 1.165) is 12.8 Å². The number of amides is 1. The summed E-state index contributed by atoms with van der Waals surface area (Å²) in [7, 11) is 1.53. The quantitative estimate of drug-likeness (QED) is 0.782. The standard InChI is InChI=1S/C17H19N3O4/c1-22-15-10-18-11-16(19-15)24-14-4-2-8-20(12-14)17(21)7-6-13-5-3-9-23-13/h3,5-7,9-11,14H,2,4,8,12H2,1H3. The first-order valence-corrected chi connectivity index (χ1v) is 7.78. The maximum atomic E-state index is 12.3. The highest BCUT2D eigenvalue weighted by molar-refractivity contribution is 5.91. The third kappa shape index (κ3) is 4.13. The van der Waals surface area contributed by atoms with E-state index in [1.807, 2.05) is 0 Å². The largest absolute Gasteiger partial charge is 0.480 e. The second-order valence-corrected chi connectivity index (χ2v) is 5.41. The Balaban J connectivity index is 1.58. The van der Waals surface area contributed by atoms with Crippen LogP contribution in [0.3, 0.4) is 0 Å². The van der Waals surface area contributed by atoms with Crippen molar-refractivity contribution >= 4 is 12.0 Å². The van der Waals surface area contributed by atoms with Gasteiger partial charge < -0.3 is 18.8 Å². The molecule has 7 nitrogen and oxygen atoms in total. The van der Waals surface area contributed by atoms with Crippen molar-refractivity contribution in [2.75, 3.05) is 20.2 Å². The van der Waals surface area contributed by atoms with E-state index in [2.05, 4.69) is 9.97 Å². The summed E-state index contributed by atoms with van der Waals surface area (Å²) >= 11 is 0. The Labute approximate surface area is 139 Å². The Kier molecular flexibility index (Phi) is 5.10. The molecule has 0 radical (unpaired) electrons. The monoisotopic (exact) mass is 329 g/mol. The number of hydrogen-bond acceptors (Lipinski definition) is 6. The average Bonchev–Trinajstić information content (AvgIpc) is 3.13. The number of rotatable bonds is 5. The number of aromatic nitrogens is 2. The Hall–Kier alpha value is -2.83. The molecule has 1 amide bonds. The van der Waals surface area contributed by atoms with Gasteiger partial charge in [-0.3, -0.25) is 9.78 Å². The second kappa shape index (κ2) is 7.63. The van der Waals surface area contributed by atoms with E-state index >= 15 is 0 Å². The van der Waals surface area contributed by atoms with Crippen molar-refractivity contribution in [2.24, 2.45) is 0 Å². The molecule has 3 rings (SSSR count). The summed E-state index contributed by atoms with van der Waals surface area (Å²) in [6.45, 7) is 1.23. The fourth-order valence-electron chi connectivity index (χ4n) is 2.54. The molecule has 1 aliphatic rings. The van der Waals surface area contributed by atoms with Gasteiger partial charge in [-0.25, -0.2) is 0 Å². The number of ether oxygens (including phenoxy) is 2. The number of furan rings is 1. The summed E-state index contributed by atoms with van der Waals surface area (Å²) in [5.74, 6) is 1.40. The molecular weight excluding hydrogens is 310 g/mol. The maximum Gasteiger partial charge on any atom is 0.246 e. The fraction of sp³-hybridized carbons (Fsp3) is 0.353. The van der Waals surface area contributed by atoms with Gasteiger partial charge in [0.1, 0.15) is 11.9 Å². The molecule has 1 atom stereocenters. The summed E-state index contributed by atoms with van der Waals surface area (Å²) in [5, 5.41) is 0. The Morgan fingerprint density at radius 2 is 2.29 bits per heavy atom. The molecule has 1 aliphatic heterocycles. The molecule has 7 heteroatoms. The van der Waals surface area contributed by atoms with Crippen molar-refractivity contribution in [1.82, 2.24) is 14.9 Å². The SMILES string of the molecule is COc1cncc(OC2CCCN(C(=O)C=Cc3ccco3)C2)n1. The molecule has 1 fully saturated rings. The van der Waals surface area contributed by atoms with Crippen molar-refractivity contribution in [1.29, 1.82) is 0 Å². The van der Waals surface area contributed by atoms with Crippen LogP contribution in [0.5, 0.6) is 11.8 Å². The first kappa shape index (κ1) is 16.0. The van der Waals surface area contributed by atoms with Crippen LogP contribution < -0.4 is 9.47 Å². The van der Waals surface area contributed by atoms with Crippen LogP contribution in [0, 0.1) is 0 Å². The second-order valence-electron chi connectivity index (χ2n) is 5.41. The lowest BCUT2D eigenvalue weighted by Gasteiger charge is -2.31. The zero-order valence-corrected chi connectivity index (χ0v) is 13.4. The molecule has 0 bridgehead atoms. The maximum absolute atomic E-state index is 12.3. The summed E-state index contributed by atoms with van der Waals surface area (Å²) < 4.78 is 16.1. The van der Waals surface area contributed by atoms with Crippen LogP contribution in [0.15, 0.2) is 41.3 Å². The fourth-order valence-corrected chi connectivity index (χ4v) is 2.54. The predicted molar refractivity (Wildman–Crippen MR) is 86.6 cm³/mol. The van der Waals surface area contributed by atoms with Crippen LogP contribution in [-0.4, -0.2) is 47.1 Å². The molecule has 1 saturated heterocycles. The molecule has 0 aliphatic carbocycles. The lowest BCUT2D eigenvalue weighted by atomic mass is 10.1. The van der Waals surface area contributed by atoms with Crippen molar-refractivity contribution < 1.29 is 18.7 Å². The molecule has 24 heavy (non-hydrogen) atoms. The lowest BCUT2D eigenvalue weighted by molar-refractivity contribution is -0.128. The lowest BCUT2D eigenvalue weighted by Crippen LogP contribution is -2.43. The molecule has 2 aromatic rings. The van der Waals surface area contributed by atoms with Gasteiger partial charge in [0, 0.05) is 12.6 Å². The number of carbonyl (C=O) groups excluding carboxylic acids is 1. The number of nitrogens with zero attached hydrogens (tertiary/aromatic N) is 3. The van der Waals surface area contributed by atoms with Crippen molar-refractivity contribution in [3.05, 3.63) is 42.6 Å².